The Morgan fingerprint density at radius 1 is 1.10 bits per heavy atom. The predicted molar refractivity (Wildman–Crippen MR) is 79.1 cm³/mol. The van der Waals surface area contributed by atoms with Crippen molar-refractivity contribution in [1.82, 2.24) is 5.48 Å². The van der Waals surface area contributed by atoms with Crippen molar-refractivity contribution in [2.24, 2.45) is 0 Å². The van der Waals surface area contributed by atoms with Gasteiger partial charge >= 0.3 is 0 Å². The third-order valence-electron chi connectivity index (χ3n) is 3.87. The Balaban J connectivity index is 1.65. The lowest BCUT2D eigenvalue weighted by molar-refractivity contribution is -0.137. The molecular weight excluding hydrogens is 250 g/mol. The number of nitrogens with one attached hydrogen (secondary N) is 1. The summed E-state index contributed by atoms with van der Waals surface area (Å²) in [6.45, 7) is 0. The second-order valence-corrected chi connectivity index (χ2v) is 5.36. The van der Waals surface area contributed by atoms with Gasteiger partial charge in [0.15, 0.2) is 0 Å². The Bertz CT molecular complexity index is 597. The summed E-state index contributed by atoms with van der Waals surface area (Å²) in [6, 6.07) is 14.2. The maximum absolute atomic E-state index is 12.0. The number of carbonyl (C=O) groups excluding carboxylic acids is 1. The zero-order valence-corrected chi connectivity index (χ0v) is 11.5. The monoisotopic (exact) mass is 269 g/mol. The first-order valence-electron chi connectivity index (χ1n) is 7.24. The SMILES string of the molecule is O=C(Cc1cccc2ccccc12)NOC1CCCC1. The number of amides is 1. The van der Waals surface area contributed by atoms with E-state index in [1.807, 2.05) is 24.3 Å². The van der Waals surface area contributed by atoms with E-state index in [0.717, 1.165) is 29.2 Å². The summed E-state index contributed by atoms with van der Waals surface area (Å²) in [6.07, 6.45) is 5.05. The first-order chi connectivity index (χ1) is 9.83. The maximum atomic E-state index is 12.0. The third-order valence-corrected chi connectivity index (χ3v) is 3.87. The van der Waals surface area contributed by atoms with E-state index in [9.17, 15) is 4.79 Å². The molecule has 1 aliphatic rings. The van der Waals surface area contributed by atoms with Crippen molar-refractivity contribution >= 4 is 16.7 Å². The molecule has 2 aromatic rings. The van der Waals surface area contributed by atoms with Gasteiger partial charge in [-0.1, -0.05) is 55.3 Å². The molecule has 20 heavy (non-hydrogen) atoms. The van der Waals surface area contributed by atoms with Crippen LogP contribution in [0.5, 0.6) is 0 Å². The maximum Gasteiger partial charge on any atom is 0.247 e. The van der Waals surface area contributed by atoms with Crippen molar-refractivity contribution in [2.75, 3.05) is 0 Å². The van der Waals surface area contributed by atoms with E-state index >= 15 is 0 Å². The van der Waals surface area contributed by atoms with Crippen LogP contribution in [0.15, 0.2) is 42.5 Å². The molecule has 2 aromatic carbocycles. The second-order valence-electron chi connectivity index (χ2n) is 5.36. The molecule has 0 spiro atoms. The summed E-state index contributed by atoms with van der Waals surface area (Å²) < 4.78 is 0. The molecule has 1 saturated carbocycles. The van der Waals surface area contributed by atoms with Crippen molar-refractivity contribution in [1.29, 1.82) is 0 Å². The second kappa shape index (κ2) is 6.06. The molecule has 1 amide bonds. The third kappa shape index (κ3) is 2.99. The Morgan fingerprint density at radius 2 is 1.85 bits per heavy atom. The topological polar surface area (TPSA) is 38.3 Å². The van der Waals surface area contributed by atoms with Gasteiger partial charge in [-0.05, 0) is 29.2 Å². The summed E-state index contributed by atoms with van der Waals surface area (Å²) in [5.74, 6) is -0.0757. The number of rotatable bonds is 4. The smallest absolute Gasteiger partial charge is 0.247 e. The lowest BCUT2D eigenvalue weighted by Crippen LogP contribution is -2.29. The largest absolute Gasteiger partial charge is 0.272 e. The summed E-state index contributed by atoms with van der Waals surface area (Å²) in [7, 11) is 0. The fraction of sp³-hybridized carbons (Fsp3) is 0.353. The van der Waals surface area contributed by atoms with Gasteiger partial charge in [-0.25, -0.2) is 5.48 Å². The van der Waals surface area contributed by atoms with Gasteiger partial charge in [-0.15, -0.1) is 0 Å². The Kier molecular flexibility index (Phi) is 3.97. The molecule has 1 fully saturated rings. The van der Waals surface area contributed by atoms with Gasteiger partial charge in [-0.2, -0.15) is 0 Å². The summed E-state index contributed by atoms with van der Waals surface area (Å²) in [5, 5.41) is 2.29. The van der Waals surface area contributed by atoms with Crippen molar-refractivity contribution in [3.63, 3.8) is 0 Å². The molecule has 0 bridgehead atoms. The molecule has 0 unspecified atom stereocenters. The molecule has 0 saturated heterocycles. The highest BCUT2D eigenvalue weighted by atomic mass is 16.7. The number of carbonyl (C=O) groups is 1. The van der Waals surface area contributed by atoms with Crippen LogP contribution in [0.25, 0.3) is 10.8 Å². The van der Waals surface area contributed by atoms with Crippen LogP contribution in [0.2, 0.25) is 0 Å². The first kappa shape index (κ1) is 13.1. The van der Waals surface area contributed by atoms with E-state index in [2.05, 4.69) is 23.7 Å². The van der Waals surface area contributed by atoms with Crippen LogP contribution in [0.3, 0.4) is 0 Å². The highest BCUT2D eigenvalue weighted by Gasteiger charge is 2.17. The standard InChI is InChI=1S/C17H19NO2/c19-17(18-20-15-9-2-3-10-15)12-14-8-5-7-13-6-1-4-11-16(13)14/h1,4-8,11,15H,2-3,9-10,12H2,(H,18,19). The Labute approximate surface area is 118 Å². The molecule has 1 N–H and O–H groups in total. The van der Waals surface area contributed by atoms with E-state index < -0.39 is 0 Å². The van der Waals surface area contributed by atoms with Crippen molar-refractivity contribution < 1.29 is 9.63 Å². The number of benzene rings is 2. The van der Waals surface area contributed by atoms with E-state index in [4.69, 9.17) is 4.84 Å². The van der Waals surface area contributed by atoms with Gasteiger partial charge in [0.1, 0.15) is 0 Å². The fourth-order valence-corrected chi connectivity index (χ4v) is 2.81. The molecule has 0 atom stereocenters. The minimum Gasteiger partial charge on any atom is -0.272 e. The normalized spacial score (nSPS) is 15.6. The molecule has 3 rings (SSSR count). The Hall–Kier alpha value is -1.87. The van der Waals surface area contributed by atoms with Crippen LogP contribution in [0.1, 0.15) is 31.2 Å². The molecular formula is C17H19NO2. The molecule has 1 aliphatic carbocycles. The molecule has 3 heteroatoms. The average molecular weight is 269 g/mol. The van der Waals surface area contributed by atoms with Crippen molar-refractivity contribution in [2.45, 2.75) is 38.2 Å². The van der Waals surface area contributed by atoms with Crippen LogP contribution in [0.4, 0.5) is 0 Å². The minimum absolute atomic E-state index is 0.0757. The van der Waals surface area contributed by atoms with Crippen molar-refractivity contribution in [3.8, 4) is 0 Å². The van der Waals surface area contributed by atoms with Gasteiger partial charge < -0.3 is 0 Å². The van der Waals surface area contributed by atoms with Gasteiger partial charge in [0.05, 0.1) is 12.5 Å². The molecule has 0 heterocycles. The predicted octanol–water partition coefficient (Wildman–Crippen LogP) is 3.37. The van der Waals surface area contributed by atoms with Crippen molar-refractivity contribution in [3.05, 3.63) is 48.0 Å². The molecule has 3 nitrogen and oxygen atoms in total. The zero-order valence-electron chi connectivity index (χ0n) is 11.5. The summed E-state index contributed by atoms with van der Waals surface area (Å²) in [5.41, 5.74) is 3.64. The summed E-state index contributed by atoms with van der Waals surface area (Å²) >= 11 is 0. The van der Waals surface area contributed by atoms with Gasteiger partial charge in [-0.3, -0.25) is 9.63 Å². The molecule has 0 aliphatic heterocycles. The molecule has 104 valence electrons. The highest BCUT2D eigenvalue weighted by molar-refractivity contribution is 5.89. The molecule has 0 aromatic heterocycles. The lowest BCUT2D eigenvalue weighted by Gasteiger charge is -2.12. The quantitative estimate of drug-likeness (QED) is 0.864. The van der Waals surface area contributed by atoms with Crippen LogP contribution in [0, 0.1) is 0 Å². The number of hydroxylamine groups is 1. The van der Waals surface area contributed by atoms with Crippen LogP contribution in [-0.2, 0) is 16.1 Å². The Morgan fingerprint density at radius 3 is 2.70 bits per heavy atom. The van der Waals surface area contributed by atoms with Crippen LogP contribution in [-0.4, -0.2) is 12.0 Å². The first-order valence-corrected chi connectivity index (χ1v) is 7.24. The van der Waals surface area contributed by atoms with Crippen LogP contribution < -0.4 is 5.48 Å². The van der Waals surface area contributed by atoms with E-state index in [1.54, 1.807) is 0 Å². The van der Waals surface area contributed by atoms with E-state index in [1.165, 1.54) is 12.8 Å². The number of fused-ring (bicyclic) bond motifs is 1. The minimum atomic E-state index is -0.0757. The molecule has 0 radical (unpaired) electrons. The van der Waals surface area contributed by atoms with Gasteiger partial charge in [0.25, 0.3) is 0 Å². The van der Waals surface area contributed by atoms with Crippen LogP contribution >= 0.6 is 0 Å². The highest BCUT2D eigenvalue weighted by Crippen LogP contribution is 2.21. The number of hydrogen-bond donors (Lipinski definition) is 1. The fourth-order valence-electron chi connectivity index (χ4n) is 2.81. The average Bonchev–Trinajstić information content (AvgIpc) is 2.99. The number of hydrogen-bond acceptors (Lipinski definition) is 2. The van der Waals surface area contributed by atoms with E-state index in [0.29, 0.717) is 6.42 Å². The zero-order chi connectivity index (χ0) is 13.8. The lowest BCUT2D eigenvalue weighted by atomic mass is 10.0. The van der Waals surface area contributed by atoms with Gasteiger partial charge in [0.2, 0.25) is 5.91 Å². The van der Waals surface area contributed by atoms with E-state index in [-0.39, 0.29) is 12.0 Å². The summed E-state index contributed by atoms with van der Waals surface area (Å²) in [4.78, 5) is 17.4. The van der Waals surface area contributed by atoms with Gasteiger partial charge in [0, 0.05) is 0 Å².